The van der Waals surface area contributed by atoms with E-state index in [1.54, 1.807) is 0 Å². The van der Waals surface area contributed by atoms with Crippen molar-refractivity contribution in [2.45, 2.75) is 58.9 Å². The van der Waals surface area contributed by atoms with Crippen molar-refractivity contribution in [3.05, 3.63) is 46.2 Å². The second-order valence-corrected chi connectivity index (χ2v) is 8.87. The Morgan fingerprint density at radius 3 is 2.50 bits per heavy atom. The van der Waals surface area contributed by atoms with Crippen LogP contribution in [0.1, 0.15) is 56.4 Å². The zero-order valence-corrected chi connectivity index (χ0v) is 19.0. The average Bonchev–Trinajstić information content (AvgIpc) is 3.22. The third-order valence-corrected chi connectivity index (χ3v) is 6.48. The number of fused-ring (bicyclic) bond motifs is 1. The highest BCUT2D eigenvalue weighted by Gasteiger charge is 2.17. The third-order valence-electron chi connectivity index (χ3n) is 5.46. The highest BCUT2D eigenvalue weighted by molar-refractivity contribution is 7.10. The van der Waals surface area contributed by atoms with Gasteiger partial charge in [0.1, 0.15) is 0 Å². The molecule has 0 saturated heterocycles. The molecule has 6 heteroatoms. The largest absolute Gasteiger partial charge is 0.367 e. The van der Waals surface area contributed by atoms with Crippen molar-refractivity contribution in [1.29, 1.82) is 0 Å². The van der Waals surface area contributed by atoms with Gasteiger partial charge in [0.15, 0.2) is 0 Å². The molecule has 2 amide bonds. The lowest BCUT2D eigenvalue weighted by atomic mass is 10.1. The molecule has 30 heavy (non-hydrogen) atoms. The van der Waals surface area contributed by atoms with E-state index in [2.05, 4.69) is 47.6 Å². The molecule has 0 unspecified atom stereocenters. The van der Waals surface area contributed by atoms with Crippen LogP contribution in [0, 0.1) is 0 Å². The Labute approximate surface area is 184 Å². The van der Waals surface area contributed by atoms with Crippen molar-refractivity contribution >= 4 is 34.5 Å². The maximum absolute atomic E-state index is 12.3. The number of rotatable bonds is 10. The highest BCUT2D eigenvalue weighted by atomic mass is 32.1. The van der Waals surface area contributed by atoms with Gasteiger partial charge in [0.25, 0.3) is 0 Å². The normalized spacial score (nSPS) is 13.1. The van der Waals surface area contributed by atoms with Crippen LogP contribution in [0.2, 0.25) is 0 Å². The quantitative estimate of drug-likeness (QED) is 0.576. The summed E-state index contributed by atoms with van der Waals surface area (Å²) in [6, 6.07) is 10.3. The average molecular weight is 428 g/mol. The first-order valence-electron chi connectivity index (χ1n) is 11.1. The number of anilines is 2. The van der Waals surface area contributed by atoms with Crippen LogP contribution < -0.4 is 10.2 Å². The lowest BCUT2D eigenvalue weighted by Crippen LogP contribution is -2.32. The van der Waals surface area contributed by atoms with Gasteiger partial charge in [0, 0.05) is 55.3 Å². The smallest absolute Gasteiger partial charge is 0.224 e. The molecule has 0 bridgehead atoms. The molecular formula is C24H33N3O2S. The van der Waals surface area contributed by atoms with E-state index < -0.39 is 0 Å². The van der Waals surface area contributed by atoms with E-state index in [-0.39, 0.29) is 11.8 Å². The Kier molecular flexibility index (Phi) is 8.31. The number of thiophene rings is 1. The van der Waals surface area contributed by atoms with Gasteiger partial charge in [-0.05, 0) is 67.0 Å². The topological polar surface area (TPSA) is 52.7 Å². The van der Waals surface area contributed by atoms with Gasteiger partial charge in [-0.25, -0.2) is 0 Å². The summed E-state index contributed by atoms with van der Waals surface area (Å²) >= 11 is 1.85. The van der Waals surface area contributed by atoms with E-state index >= 15 is 0 Å². The third kappa shape index (κ3) is 6.08. The standard InChI is InChI=1S/C24H33N3O2S/c1-3-14-26(15-4-2)24(29)7-5-6-23(28)25-20-8-10-21(11-9-20)27-16-12-22-19(18-27)13-17-30-22/h8-11,13,17H,3-7,12,14-16,18H2,1-2H3,(H,25,28). The number of amides is 2. The lowest BCUT2D eigenvalue weighted by molar-refractivity contribution is -0.131. The van der Waals surface area contributed by atoms with Gasteiger partial charge in [0.05, 0.1) is 0 Å². The fourth-order valence-corrected chi connectivity index (χ4v) is 4.80. The summed E-state index contributed by atoms with van der Waals surface area (Å²) in [5.74, 6) is 0.125. The summed E-state index contributed by atoms with van der Waals surface area (Å²) in [4.78, 5) is 30.4. The second kappa shape index (κ2) is 11.2. The van der Waals surface area contributed by atoms with Crippen molar-refractivity contribution < 1.29 is 9.59 Å². The molecule has 1 N–H and O–H groups in total. The molecule has 0 aliphatic carbocycles. The number of nitrogens with one attached hydrogen (secondary N) is 1. The summed E-state index contributed by atoms with van der Waals surface area (Å²) in [6.45, 7) is 7.75. The number of carbonyl (C=O) groups is 2. The van der Waals surface area contributed by atoms with Crippen molar-refractivity contribution in [3.8, 4) is 0 Å². The lowest BCUT2D eigenvalue weighted by Gasteiger charge is -2.29. The zero-order chi connectivity index (χ0) is 21.3. The summed E-state index contributed by atoms with van der Waals surface area (Å²) < 4.78 is 0. The minimum absolute atomic E-state index is 0.0334. The number of carbonyl (C=O) groups excluding carboxylic acids is 2. The van der Waals surface area contributed by atoms with E-state index in [0.29, 0.717) is 19.3 Å². The number of benzene rings is 1. The van der Waals surface area contributed by atoms with Gasteiger partial charge in [-0.2, -0.15) is 0 Å². The van der Waals surface area contributed by atoms with Gasteiger partial charge >= 0.3 is 0 Å². The maximum Gasteiger partial charge on any atom is 0.224 e. The molecule has 0 fully saturated rings. The monoisotopic (exact) mass is 427 g/mol. The van der Waals surface area contributed by atoms with Crippen molar-refractivity contribution in [1.82, 2.24) is 4.90 Å². The van der Waals surface area contributed by atoms with Crippen LogP contribution in [0.15, 0.2) is 35.7 Å². The van der Waals surface area contributed by atoms with Crippen LogP contribution in [0.4, 0.5) is 11.4 Å². The number of hydrogen-bond donors (Lipinski definition) is 1. The molecule has 2 aromatic rings. The van der Waals surface area contributed by atoms with Crippen molar-refractivity contribution in [3.63, 3.8) is 0 Å². The first-order valence-corrected chi connectivity index (χ1v) is 12.0. The molecule has 0 spiro atoms. The molecule has 0 saturated carbocycles. The van der Waals surface area contributed by atoms with Crippen molar-refractivity contribution in [2.75, 3.05) is 29.9 Å². The number of nitrogens with zero attached hydrogens (tertiary/aromatic N) is 2. The first-order chi connectivity index (χ1) is 14.6. The molecule has 0 atom stereocenters. The van der Waals surface area contributed by atoms with E-state index in [0.717, 1.165) is 51.1 Å². The Balaban J connectivity index is 1.43. The van der Waals surface area contributed by atoms with Gasteiger partial charge in [-0.1, -0.05) is 13.8 Å². The molecule has 3 rings (SSSR count). The van der Waals surface area contributed by atoms with E-state index in [4.69, 9.17) is 0 Å². The Morgan fingerprint density at radius 2 is 1.80 bits per heavy atom. The van der Waals surface area contributed by atoms with Crippen LogP contribution in [-0.4, -0.2) is 36.3 Å². The molecule has 1 aromatic carbocycles. The maximum atomic E-state index is 12.3. The highest BCUT2D eigenvalue weighted by Crippen LogP contribution is 2.28. The minimum Gasteiger partial charge on any atom is -0.367 e. The predicted octanol–water partition coefficient (Wildman–Crippen LogP) is 5.07. The van der Waals surface area contributed by atoms with Crippen LogP contribution in [-0.2, 0) is 22.6 Å². The predicted molar refractivity (Wildman–Crippen MR) is 125 cm³/mol. The van der Waals surface area contributed by atoms with E-state index in [1.165, 1.54) is 16.1 Å². The van der Waals surface area contributed by atoms with Crippen LogP contribution in [0.5, 0.6) is 0 Å². The summed E-state index contributed by atoms with van der Waals surface area (Å²) in [6.07, 6.45) is 4.42. The van der Waals surface area contributed by atoms with Gasteiger partial charge in [-0.15, -0.1) is 11.3 Å². The van der Waals surface area contributed by atoms with Gasteiger partial charge in [-0.3, -0.25) is 9.59 Å². The Morgan fingerprint density at radius 1 is 1.07 bits per heavy atom. The van der Waals surface area contributed by atoms with Crippen LogP contribution in [0.25, 0.3) is 0 Å². The summed E-state index contributed by atoms with van der Waals surface area (Å²) in [7, 11) is 0. The molecule has 1 aromatic heterocycles. The minimum atomic E-state index is -0.0334. The number of hydrogen-bond acceptors (Lipinski definition) is 4. The fourth-order valence-electron chi connectivity index (χ4n) is 3.91. The zero-order valence-electron chi connectivity index (χ0n) is 18.2. The van der Waals surface area contributed by atoms with Gasteiger partial charge in [0.2, 0.25) is 11.8 Å². The Bertz CT molecular complexity index is 825. The molecular weight excluding hydrogens is 394 g/mol. The molecule has 2 heterocycles. The molecule has 1 aliphatic rings. The fraction of sp³-hybridized carbons (Fsp3) is 0.500. The second-order valence-electron chi connectivity index (χ2n) is 7.87. The van der Waals surface area contributed by atoms with E-state index in [1.807, 2.05) is 28.4 Å². The molecule has 5 nitrogen and oxygen atoms in total. The first kappa shape index (κ1) is 22.3. The van der Waals surface area contributed by atoms with E-state index in [9.17, 15) is 9.59 Å². The SMILES string of the molecule is CCCN(CCC)C(=O)CCCC(=O)Nc1ccc(N2CCc3sccc3C2)cc1. The van der Waals surface area contributed by atoms with Crippen LogP contribution >= 0.6 is 11.3 Å². The summed E-state index contributed by atoms with van der Waals surface area (Å²) in [5.41, 5.74) is 3.42. The molecule has 162 valence electrons. The van der Waals surface area contributed by atoms with Crippen molar-refractivity contribution in [2.24, 2.45) is 0 Å². The van der Waals surface area contributed by atoms with Crippen LogP contribution in [0.3, 0.4) is 0 Å². The summed E-state index contributed by atoms with van der Waals surface area (Å²) in [5, 5.41) is 5.13. The molecule has 1 aliphatic heterocycles. The van der Waals surface area contributed by atoms with Gasteiger partial charge < -0.3 is 15.1 Å². The molecule has 0 radical (unpaired) electrons. The Hall–Kier alpha value is -2.34.